The molecule has 0 spiro atoms. The summed E-state index contributed by atoms with van der Waals surface area (Å²) in [6.45, 7) is 4.45. The Kier molecular flexibility index (Phi) is 5.76. The molecule has 0 saturated heterocycles. The predicted molar refractivity (Wildman–Crippen MR) is 90.5 cm³/mol. The molecule has 0 saturated carbocycles. The largest absolute Gasteiger partial charge is 0.492 e. The molecule has 0 fully saturated rings. The van der Waals surface area contributed by atoms with Gasteiger partial charge in [-0.2, -0.15) is 5.26 Å². The highest BCUT2D eigenvalue weighted by molar-refractivity contribution is 5.92. The molecule has 0 aromatic heterocycles. The first-order valence-corrected chi connectivity index (χ1v) is 7.64. The second-order valence-electron chi connectivity index (χ2n) is 5.29. The number of aryl methyl sites for hydroxylation is 2. The second kappa shape index (κ2) is 8.00. The lowest BCUT2D eigenvalue weighted by Gasteiger charge is -2.12. The highest BCUT2D eigenvalue weighted by Crippen LogP contribution is 2.26. The van der Waals surface area contributed by atoms with E-state index in [1.54, 1.807) is 12.1 Å². The van der Waals surface area contributed by atoms with Gasteiger partial charge in [-0.1, -0.05) is 18.2 Å². The van der Waals surface area contributed by atoms with E-state index in [4.69, 9.17) is 10.00 Å². The molecule has 0 bridgehead atoms. The Hall–Kier alpha value is -2.80. The van der Waals surface area contributed by atoms with Gasteiger partial charge in [-0.3, -0.25) is 4.79 Å². The molecular formula is C19H20N2O2. The van der Waals surface area contributed by atoms with Crippen molar-refractivity contribution in [2.24, 2.45) is 0 Å². The van der Waals surface area contributed by atoms with E-state index in [1.165, 1.54) is 0 Å². The first-order valence-electron chi connectivity index (χ1n) is 7.64. The lowest BCUT2D eigenvalue weighted by molar-refractivity contribution is -0.116. The van der Waals surface area contributed by atoms with Gasteiger partial charge in [0.25, 0.3) is 0 Å². The van der Waals surface area contributed by atoms with Crippen molar-refractivity contribution in [1.82, 2.24) is 0 Å². The van der Waals surface area contributed by atoms with E-state index in [-0.39, 0.29) is 5.91 Å². The van der Waals surface area contributed by atoms with Gasteiger partial charge >= 0.3 is 0 Å². The average molecular weight is 308 g/mol. The maximum absolute atomic E-state index is 12.1. The fourth-order valence-electron chi connectivity index (χ4n) is 2.22. The minimum absolute atomic E-state index is 0.0563. The molecule has 0 unspecified atom stereocenters. The minimum Gasteiger partial charge on any atom is -0.492 e. The number of carbonyl (C=O) groups excluding carboxylic acids is 1. The van der Waals surface area contributed by atoms with Crippen LogP contribution in [0, 0.1) is 18.3 Å². The van der Waals surface area contributed by atoms with Crippen LogP contribution in [0.4, 0.5) is 5.69 Å². The Labute approximate surface area is 136 Å². The molecule has 0 aliphatic carbocycles. The van der Waals surface area contributed by atoms with Crippen molar-refractivity contribution in [2.45, 2.75) is 26.7 Å². The van der Waals surface area contributed by atoms with Crippen LogP contribution in [-0.4, -0.2) is 12.5 Å². The van der Waals surface area contributed by atoms with Crippen LogP contribution in [0.1, 0.15) is 30.0 Å². The van der Waals surface area contributed by atoms with Gasteiger partial charge < -0.3 is 10.1 Å². The summed E-state index contributed by atoms with van der Waals surface area (Å²) in [5.74, 6) is 0.637. The number of anilines is 1. The molecule has 2 rings (SSSR count). The molecule has 23 heavy (non-hydrogen) atoms. The van der Waals surface area contributed by atoms with Crippen molar-refractivity contribution in [3.8, 4) is 11.8 Å². The van der Waals surface area contributed by atoms with Crippen molar-refractivity contribution in [1.29, 1.82) is 5.26 Å². The summed E-state index contributed by atoms with van der Waals surface area (Å²) >= 11 is 0. The molecule has 1 amide bonds. The number of benzene rings is 2. The number of hydrogen-bond donors (Lipinski definition) is 1. The van der Waals surface area contributed by atoms with Crippen molar-refractivity contribution >= 4 is 11.6 Å². The van der Waals surface area contributed by atoms with Gasteiger partial charge in [0.05, 0.1) is 23.9 Å². The molecule has 0 heterocycles. The summed E-state index contributed by atoms with van der Waals surface area (Å²) in [7, 11) is 0. The average Bonchev–Trinajstić information content (AvgIpc) is 2.56. The summed E-state index contributed by atoms with van der Waals surface area (Å²) in [4.78, 5) is 12.1. The molecule has 2 aromatic carbocycles. The number of hydrogen-bond acceptors (Lipinski definition) is 3. The topological polar surface area (TPSA) is 62.1 Å². The highest BCUT2D eigenvalue weighted by atomic mass is 16.5. The fourth-order valence-corrected chi connectivity index (χ4v) is 2.22. The molecule has 0 aliphatic rings. The number of rotatable bonds is 6. The quantitative estimate of drug-likeness (QED) is 0.882. The van der Waals surface area contributed by atoms with Crippen LogP contribution >= 0.6 is 0 Å². The SMILES string of the molecule is CCOc1cc(C)ccc1NC(=O)CCc1ccc(C#N)cc1. The number of ether oxygens (including phenoxy) is 1. The van der Waals surface area contributed by atoms with Crippen molar-refractivity contribution in [2.75, 3.05) is 11.9 Å². The molecule has 0 aliphatic heterocycles. The number of amides is 1. The summed E-state index contributed by atoms with van der Waals surface area (Å²) in [5, 5.41) is 11.7. The van der Waals surface area contributed by atoms with E-state index >= 15 is 0 Å². The molecular weight excluding hydrogens is 288 g/mol. The number of nitrogens with zero attached hydrogens (tertiary/aromatic N) is 1. The maximum Gasteiger partial charge on any atom is 0.224 e. The summed E-state index contributed by atoms with van der Waals surface area (Å²) in [5.41, 5.74) is 3.44. The van der Waals surface area contributed by atoms with E-state index in [1.807, 2.05) is 44.2 Å². The van der Waals surface area contributed by atoms with Gasteiger partial charge in [-0.15, -0.1) is 0 Å². The Morgan fingerprint density at radius 3 is 2.61 bits per heavy atom. The summed E-state index contributed by atoms with van der Waals surface area (Å²) in [6, 6.07) is 15.1. The molecule has 4 nitrogen and oxygen atoms in total. The third-order valence-corrected chi connectivity index (χ3v) is 3.43. The standard InChI is InChI=1S/C19H20N2O2/c1-3-23-18-12-14(2)4-10-17(18)21-19(22)11-9-15-5-7-16(13-20)8-6-15/h4-8,10,12H,3,9,11H2,1-2H3,(H,21,22). The van der Waals surface area contributed by atoms with Gasteiger partial charge in [0.15, 0.2) is 0 Å². The Morgan fingerprint density at radius 2 is 1.96 bits per heavy atom. The van der Waals surface area contributed by atoms with Crippen molar-refractivity contribution in [3.63, 3.8) is 0 Å². The Bertz CT molecular complexity index is 715. The second-order valence-corrected chi connectivity index (χ2v) is 5.29. The molecule has 118 valence electrons. The zero-order valence-corrected chi connectivity index (χ0v) is 13.4. The molecule has 4 heteroatoms. The smallest absolute Gasteiger partial charge is 0.224 e. The van der Waals surface area contributed by atoms with Gasteiger partial charge in [-0.05, 0) is 55.7 Å². The highest BCUT2D eigenvalue weighted by Gasteiger charge is 2.08. The van der Waals surface area contributed by atoms with Crippen LogP contribution in [-0.2, 0) is 11.2 Å². The Balaban J connectivity index is 1.95. The van der Waals surface area contributed by atoms with Crippen molar-refractivity contribution in [3.05, 3.63) is 59.2 Å². The van der Waals surface area contributed by atoms with Crippen molar-refractivity contribution < 1.29 is 9.53 Å². The third-order valence-electron chi connectivity index (χ3n) is 3.43. The van der Waals surface area contributed by atoms with E-state index in [9.17, 15) is 4.79 Å². The van der Waals surface area contributed by atoms with E-state index < -0.39 is 0 Å². The molecule has 2 aromatic rings. The van der Waals surface area contributed by atoms with Crippen LogP contribution in [0.25, 0.3) is 0 Å². The summed E-state index contributed by atoms with van der Waals surface area (Å²) < 4.78 is 5.56. The fraction of sp³-hybridized carbons (Fsp3) is 0.263. The molecule has 0 atom stereocenters. The molecule has 1 N–H and O–H groups in total. The summed E-state index contributed by atoms with van der Waals surface area (Å²) in [6.07, 6.45) is 1.01. The monoisotopic (exact) mass is 308 g/mol. The van der Waals surface area contributed by atoms with Gasteiger partial charge in [-0.25, -0.2) is 0 Å². The van der Waals surface area contributed by atoms with Crippen LogP contribution in [0.2, 0.25) is 0 Å². The lowest BCUT2D eigenvalue weighted by atomic mass is 10.1. The normalized spacial score (nSPS) is 9.96. The van der Waals surface area contributed by atoms with Crippen LogP contribution in [0.5, 0.6) is 5.75 Å². The van der Waals surface area contributed by atoms with E-state index in [0.29, 0.717) is 36.4 Å². The van der Waals surface area contributed by atoms with Crippen LogP contribution < -0.4 is 10.1 Å². The number of nitrogens with one attached hydrogen (secondary N) is 1. The van der Waals surface area contributed by atoms with E-state index in [0.717, 1.165) is 11.1 Å². The van der Waals surface area contributed by atoms with Crippen LogP contribution in [0.3, 0.4) is 0 Å². The van der Waals surface area contributed by atoms with Gasteiger partial charge in [0, 0.05) is 6.42 Å². The number of carbonyl (C=O) groups is 1. The van der Waals surface area contributed by atoms with Crippen LogP contribution in [0.15, 0.2) is 42.5 Å². The van der Waals surface area contributed by atoms with Gasteiger partial charge in [0.1, 0.15) is 5.75 Å². The Morgan fingerprint density at radius 1 is 1.22 bits per heavy atom. The first kappa shape index (κ1) is 16.6. The maximum atomic E-state index is 12.1. The lowest BCUT2D eigenvalue weighted by Crippen LogP contribution is -2.13. The third kappa shape index (κ3) is 4.86. The van der Waals surface area contributed by atoms with Gasteiger partial charge in [0.2, 0.25) is 5.91 Å². The minimum atomic E-state index is -0.0563. The molecule has 0 radical (unpaired) electrons. The predicted octanol–water partition coefficient (Wildman–Crippen LogP) is 3.84. The zero-order valence-electron chi connectivity index (χ0n) is 13.4. The first-order chi connectivity index (χ1) is 11.1. The number of nitriles is 1. The zero-order chi connectivity index (χ0) is 16.7. The van der Waals surface area contributed by atoms with E-state index in [2.05, 4.69) is 11.4 Å².